The zero-order valence-electron chi connectivity index (χ0n) is 44.4. The average molecular weight is 1100 g/mol. The van der Waals surface area contributed by atoms with E-state index in [2.05, 4.69) is 51.7 Å². The van der Waals surface area contributed by atoms with Gasteiger partial charge in [-0.05, 0) is 80.1 Å². The number of piperazine rings is 1. The van der Waals surface area contributed by atoms with E-state index < -0.39 is 103 Å². The molecule has 1 aromatic heterocycles. The number of carbonyl (C=O) groups is 4. The van der Waals surface area contributed by atoms with Gasteiger partial charge in [0.15, 0.2) is 0 Å². The first kappa shape index (κ1) is 62.0. The molecule has 3 amide bonds. The molecule has 17 nitrogen and oxygen atoms in total. The average Bonchev–Trinajstić information content (AvgIpc) is 4.03. The minimum atomic E-state index is -4.98. The number of aliphatic hydroxyl groups excluding tert-OH is 1. The number of hydrogen-bond acceptors (Lipinski definition) is 14. The third kappa shape index (κ3) is 16.8. The van der Waals surface area contributed by atoms with Crippen molar-refractivity contribution in [3.05, 3.63) is 100 Å². The topological polar surface area (TPSA) is 236 Å². The molecule has 0 radical (unpaired) electrons. The molecule has 0 unspecified atom stereocenters. The van der Waals surface area contributed by atoms with Crippen LogP contribution in [-0.4, -0.2) is 148 Å². The number of nitrogens with zero attached hydrogens (tertiary/aromatic N) is 4. The van der Waals surface area contributed by atoms with E-state index in [1.54, 1.807) is 30.5 Å². The number of aliphatic hydroxyl groups is 1. The van der Waals surface area contributed by atoms with Gasteiger partial charge in [0.05, 0.1) is 69.9 Å². The van der Waals surface area contributed by atoms with Crippen molar-refractivity contribution in [1.82, 2.24) is 25.8 Å². The quantitative estimate of drug-likeness (QED) is 0.0368. The number of methoxy groups -OCH3 is 2. The fourth-order valence-corrected chi connectivity index (χ4v) is 8.94. The van der Waals surface area contributed by atoms with E-state index in [1.165, 1.54) is 7.11 Å². The fourth-order valence-electron chi connectivity index (χ4n) is 8.94. The van der Waals surface area contributed by atoms with Crippen LogP contribution < -0.4 is 32.3 Å². The minimum absolute atomic E-state index is 0.0509. The first-order valence-electron chi connectivity index (χ1n) is 25.0. The van der Waals surface area contributed by atoms with E-state index in [9.17, 15) is 46.2 Å². The number of ether oxygens (including phenoxy) is 3. The van der Waals surface area contributed by atoms with Crippen LogP contribution in [0.3, 0.4) is 0 Å². The van der Waals surface area contributed by atoms with E-state index >= 15 is 8.78 Å². The second kappa shape index (κ2) is 27.2. The van der Waals surface area contributed by atoms with Gasteiger partial charge < -0.3 is 51.6 Å². The molecule has 6 atom stereocenters. The molecule has 4 heterocycles. The number of aliphatic imine (C=N–C) groups is 1. The highest BCUT2D eigenvalue weighted by Crippen LogP contribution is 2.41. The number of nitrogens with two attached hydrogens (primary N) is 2. The number of primary amides is 1. The summed E-state index contributed by atoms with van der Waals surface area (Å²) in [4.78, 5) is 60.7. The van der Waals surface area contributed by atoms with Crippen molar-refractivity contribution in [3.63, 3.8) is 0 Å². The molecule has 3 saturated heterocycles. The number of rotatable bonds is 20. The molecule has 0 aliphatic carbocycles. The molecule has 8 N–H and O–H groups in total. The standard InChI is InChI=1S/C45H51F7N8O5.C9H17NO3/c1-44(2,45(50,51)52)41(58-43(63)64-3)42(62)57-37(38(61)20-55-19-33-34(46)15-29(16-35(33)47)36(53)12-13-54-21-39(48)49)14-27-7-4-26(5-8-27)6-9-28-10-11-40(56-18-28)60-23-30-17-31(60)22-59(30)32-24-65-25-32;1-9(2,3)6(8(10)12)5-7(11)13-4/h4-5,7-8,10-13,15-16,18,30-32,37-39,41,55,61H,14,17,19-25,53H2,1-3H3,(H,57,62)(H,58,63);6H,5H2,1-4H3,(H2,10,12)/t30-,31-,37+,38+,41-;6-/m11/s1. The minimum Gasteiger partial charge on any atom is -0.469 e. The Morgan fingerprint density at radius 1 is 0.910 bits per heavy atom. The van der Waals surface area contributed by atoms with Gasteiger partial charge in [0, 0.05) is 78.6 Å². The molecule has 3 aliphatic heterocycles. The first-order chi connectivity index (χ1) is 36.6. The van der Waals surface area contributed by atoms with Crippen LogP contribution in [0.15, 0.2) is 65.8 Å². The SMILES string of the molecule is COC(=O)C[C@H](C(N)=O)C(C)(C)C.COC(=O)N[C@H](C(=O)N[C@@H](Cc1ccc(C#Cc2ccc(N3C[C@H]4C[C@@H]3CN4C3COC3)nc2)cc1)[C@@H](O)CNCc1c(F)cc(C(N)=CC=NCC(F)F)cc1F)C(C)(C)C(F)(F)F. The largest absolute Gasteiger partial charge is 0.469 e. The van der Waals surface area contributed by atoms with Crippen LogP contribution >= 0.6 is 0 Å². The molecule has 0 saturated carbocycles. The number of hydrogen-bond donors (Lipinski definition) is 6. The van der Waals surface area contributed by atoms with Crippen molar-refractivity contribution in [3.8, 4) is 11.8 Å². The smallest absolute Gasteiger partial charge is 0.407 e. The number of alkyl halides is 5. The maximum atomic E-state index is 15.1. The number of allylic oxidation sites excluding steroid dienone is 1. The molecular weight excluding hydrogens is 1040 g/mol. The molecule has 3 aliphatic rings. The van der Waals surface area contributed by atoms with Gasteiger partial charge in [0.1, 0.15) is 23.5 Å². The highest BCUT2D eigenvalue weighted by molar-refractivity contribution is 5.87. The Hall–Kier alpha value is -6.81. The van der Waals surface area contributed by atoms with Gasteiger partial charge in [-0.1, -0.05) is 44.7 Å². The summed E-state index contributed by atoms with van der Waals surface area (Å²) in [6.07, 6.45) is -5.71. The van der Waals surface area contributed by atoms with Crippen molar-refractivity contribution in [1.29, 1.82) is 0 Å². The van der Waals surface area contributed by atoms with E-state index in [1.807, 2.05) is 38.2 Å². The second-order valence-corrected chi connectivity index (χ2v) is 20.8. The van der Waals surface area contributed by atoms with E-state index in [0.717, 1.165) is 83.9 Å². The Kier molecular flexibility index (Phi) is 21.6. The normalized spacial score (nSPS) is 18.5. The molecule has 0 spiro atoms. The molecule has 6 rings (SSSR count). The van der Waals surface area contributed by atoms with Crippen LogP contribution in [0, 0.1) is 40.2 Å². The van der Waals surface area contributed by atoms with Crippen LogP contribution in [0.2, 0.25) is 0 Å². The summed E-state index contributed by atoms with van der Waals surface area (Å²) in [5, 5.41) is 18.5. The van der Waals surface area contributed by atoms with Gasteiger partial charge in [-0.15, -0.1) is 0 Å². The predicted molar refractivity (Wildman–Crippen MR) is 277 cm³/mol. The summed E-state index contributed by atoms with van der Waals surface area (Å²) in [7, 11) is 2.21. The lowest BCUT2D eigenvalue weighted by molar-refractivity contribution is -0.220. The Morgan fingerprint density at radius 2 is 1.55 bits per heavy atom. The van der Waals surface area contributed by atoms with Crippen LogP contribution in [0.25, 0.3) is 5.70 Å². The number of pyridine rings is 1. The number of benzene rings is 2. The van der Waals surface area contributed by atoms with Gasteiger partial charge in [0.2, 0.25) is 11.8 Å². The lowest BCUT2D eigenvalue weighted by Gasteiger charge is -2.42. The van der Waals surface area contributed by atoms with Crippen LogP contribution in [-0.2, 0) is 41.6 Å². The number of nitrogens with one attached hydrogen (secondary N) is 3. The Labute approximate surface area is 448 Å². The second-order valence-electron chi connectivity index (χ2n) is 20.8. The summed E-state index contributed by atoms with van der Waals surface area (Å²) in [6.45, 7) is 8.85. The zero-order valence-corrected chi connectivity index (χ0v) is 44.4. The lowest BCUT2D eigenvalue weighted by Crippen LogP contribution is -2.62. The number of anilines is 1. The Morgan fingerprint density at radius 3 is 2.06 bits per heavy atom. The molecule has 426 valence electrons. The fraction of sp³-hybridized carbons (Fsp3) is 0.519. The number of halogens is 7. The van der Waals surface area contributed by atoms with Crippen molar-refractivity contribution >= 4 is 41.6 Å². The van der Waals surface area contributed by atoms with Crippen LogP contribution in [0.5, 0.6) is 0 Å². The van der Waals surface area contributed by atoms with Crippen LogP contribution in [0.1, 0.15) is 75.3 Å². The van der Waals surface area contributed by atoms with E-state index in [0.29, 0.717) is 34.8 Å². The van der Waals surface area contributed by atoms with E-state index in [4.69, 9.17) is 16.2 Å². The van der Waals surface area contributed by atoms with Gasteiger partial charge in [-0.25, -0.2) is 27.3 Å². The summed E-state index contributed by atoms with van der Waals surface area (Å²) < 4.78 is 112. The number of esters is 1. The van der Waals surface area contributed by atoms with Gasteiger partial charge in [0.25, 0.3) is 6.43 Å². The molecule has 3 aromatic rings. The number of likely N-dealkylation sites (tertiary alicyclic amines) is 1. The number of alkyl carbamates (subject to hydrolysis) is 1. The Balaban J connectivity index is 0.000000761. The summed E-state index contributed by atoms with van der Waals surface area (Å²) in [5.74, 6) is 2.38. The molecule has 24 heteroatoms. The van der Waals surface area contributed by atoms with Gasteiger partial charge in [-0.3, -0.25) is 24.3 Å². The van der Waals surface area contributed by atoms with Gasteiger partial charge in [-0.2, -0.15) is 13.2 Å². The van der Waals surface area contributed by atoms with Crippen molar-refractivity contribution < 1.29 is 69.2 Å². The summed E-state index contributed by atoms with van der Waals surface area (Å²) >= 11 is 0. The monoisotopic (exact) mass is 1100 g/mol. The first-order valence-corrected chi connectivity index (χ1v) is 25.0. The van der Waals surface area contributed by atoms with Gasteiger partial charge >= 0.3 is 18.2 Å². The van der Waals surface area contributed by atoms with Crippen molar-refractivity contribution in [2.75, 3.05) is 58.5 Å². The number of amides is 3. The summed E-state index contributed by atoms with van der Waals surface area (Å²) in [5.41, 5.74) is 9.03. The van der Waals surface area contributed by atoms with Crippen molar-refractivity contribution in [2.45, 2.75) is 109 Å². The molecular formula is C54H68F7N9O8. The highest BCUT2D eigenvalue weighted by atomic mass is 19.4. The molecule has 2 bridgehead atoms. The third-order valence-electron chi connectivity index (χ3n) is 13.8. The molecule has 3 fully saturated rings. The van der Waals surface area contributed by atoms with Crippen molar-refractivity contribution in [2.24, 2.45) is 33.2 Å². The maximum Gasteiger partial charge on any atom is 0.407 e. The third-order valence-corrected chi connectivity index (χ3v) is 13.8. The van der Waals surface area contributed by atoms with Crippen LogP contribution in [0.4, 0.5) is 41.3 Å². The zero-order chi connectivity index (χ0) is 57.7. The predicted octanol–water partition coefficient (Wildman–Crippen LogP) is 5.25. The molecule has 2 aromatic carbocycles. The summed E-state index contributed by atoms with van der Waals surface area (Å²) in [6, 6.07) is 10.3. The maximum absolute atomic E-state index is 15.1. The number of aromatic nitrogens is 1. The lowest BCUT2D eigenvalue weighted by atomic mass is 9.78. The number of fused-ring (bicyclic) bond motifs is 2. The highest BCUT2D eigenvalue weighted by Gasteiger charge is 2.56. The number of carbonyl (C=O) groups excluding carboxylic acids is 4. The Bertz CT molecular complexity index is 2650. The van der Waals surface area contributed by atoms with E-state index in [-0.39, 0.29) is 29.5 Å². The molecule has 78 heavy (non-hydrogen) atoms.